The molecule has 6 nitrogen and oxygen atoms in total. The molecule has 19 heavy (non-hydrogen) atoms. The van der Waals surface area contributed by atoms with E-state index in [-0.39, 0.29) is 11.9 Å². The third-order valence-electron chi connectivity index (χ3n) is 2.91. The molecule has 0 saturated carbocycles. The number of rotatable bonds is 12. The molecule has 0 spiro atoms. The minimum atomic E-state index is -0.0992. The number of carbonyl (C=O) groups is 1. The van der Waals surface area contributed by atoms with Crippen LogP contribution in [-0.4, -0.2) is 63.7 Å². The summed E-state index contributed by atoms with van der Waals surface area (Å²) in [7, 11) is 3.58. The Morgan fingerprint density at radius 2 is 1.63 bits per heavy atom. The molecule has 6 heteroatoms. The van der Waals surface area contributed by atoms with E-state index in [4.69, 9.17) is 11.5 Å². The third-order valence-corrected chi connectivity index (χ3v) is 2.91. The zero-order valence-corrected chi connectivity index (χ0v) is 12.5. The molecule has 0 bridgehead atoms. The molecule has 0 aromatic rings. The average Bonchev–Trinajstić information content (AvgIpc) is 2.39. The summed E-state index contributed by atoms with van der Waals surface area (Å²) in [6, 6.07) is -0.0992. The van der Waals surface area contributed by atoms with Gasteiger partial charge in [0.2, 0.25) is 5.91 Å². The lowest BCUT2D eigenvalue weighted by molar-refractivity contribution is -0.131. The van der Waals surface area contributed by atoms with Crippen LogP contribution in [0.1, 0.15) is 25.7 Å². The van der Waals surface area contributed by atoms with Crippen molar-refractivity contribution in [2.24, 2.45) is 11.5 Å². The van der Waals surface area contributed by atoms with Crippen molar-refractivity contribution in [3.63, 3.8) is 0 Å². The second-order valence-electron chi connectivity index (χ2n) is 4.92. The summed E-state index contributed by atoms with van der Waals surface area (Å²) in [5.41, 5.74) is 10.9. The van der Waals surface area contributed by atoms with Gasteiger partial charge in [0, 0.05) is 14.1 Å². The van der Waals surface area contributed by atoms with Gasteiger partial charge in [0.05, 0.1) is 6.04 Å². The Hall–Kier alpha value is -0.690. The summed E-state index contributed by atoms with van der Waals surface area (Å²) < 4.78 is 0. The van der Waals surface area contributed by atoms with E-state index < -0.39 is 0 Å². The van der Waals surface area contributed by atoms with Crippen molar-refractivity contribution in [2.75, 3.05) is 46.8 Å². The largest absolute Gasteiger partial charge is 0.347 e. The maximum atomic E-state index is 12.0. The molecular weight excluding hydrogens is 242 g/mol. The Morgan fingerprint density at radius 3 is 2.21 bits per heavy atom. The van der Waals surface area contributed by atoms with Crippen molar-refractivity contribution in [3.05, 3.63) is 0 Å². The Bertz CT molecular complexity index is 223. The summed E-state index contributed by atoms with van der Waals surface area (Å²) in [5.74, 6) is 0.138. The van der Waals surface area contributed by atoms with Crippen LogP contribution in [0.4, 0.5) is 0 Å². The maximum absolute atomic E-state index is 12.0. The fourth-order valence-corrected chi connectivity index (χ4v) is 1.79. The maximum Gasteiger partial charge on any atom is 0.239 e. The van der Waals surface area contributed by atoms with Crippen LogP contribution in [-0.2, 0) is 4.79 Å². The van der Waals surface area contributed by atoms with Gasteiger partial charge in [-0.1, -0.05) is 0 Å². The molecule has 1 unspecified atom stereocenters. The molecule has 0 heterocycles. The summed E-state index contributed by atoms with van der Waals surface area (Å²) in [5, 5.41) is 6.61. The molecule has 0 aliphatic heterocycles. The first kappa shape index (κ1) is 18.3. The van der Waals surface area contributed by atoms with Crippen LogP contribution in [0.25, 0.3) is 0 Å². The molecule has 6 N–H and O–H groups in total. The van der Waals surface area contributed by atoms with E-state index in [0.29, 0.717) is 6.54 Å². The van der Waals surface area contributed by atoms with Crippen molar-refractivity contribution in [2.45, 2.75) is 31.7 Å². The van der Waals surface area contributed by atoms with Crippen LogP contribution in [0.2, 0.25) is 0 Å². The van der Waals surface area contributed by atoms with E-state index in [1.807, 2.05) is 0 Å². The highest BCUT2D eigenvalue weighted by molar-refractivity contribution is 5.81. The lowest BCUT2D eigenvalue weighted by Crippen LogP contribution is -2.44. The fourth-order valence-electron chi connectivity index (χ4n) is 1.79. The highest BCUT2D eigenvalue weighted by atomic mass is 16.2. The zero-order valence-electron chi connectivity index (χ0n) is 12.5. The summed E-state index contributed by atoms with van der Waals surface area (Å²) >= 11 is 0. The fraction of sp³-hybridized carbons (Fsp3) is 0.923. The predicted octanol–water partition coefficient (Wildman–Crippen LogP) is -0.900. The van der Waals surface area contributed by atoms with E-state index in [9.17, 15) is 4.79 Å². The van der Waals surface area contributed by atoms with Gasteiger partial charge in [-0.3, -0.25) is 4.79 Å². The van der Waals surface area contributed by atoms with E-state index in [2.05, 4.69) is 10.6 Å². The highest BCUT2D eigenvalue weighted by Gasteiger charge is 2.18. The monoisotopic (exact) mass is 273 g/mol. The van der Waals surface area contributed by atoms with Gasteiger partial charge in [-0.2, -0.15) is 0 Å². The number of hydrogen-bond donors (Lipinski definition) is 4. The number of likely N-dealkylation sites (N-methyl/N-ethyl adjacent to an activating group) is 1. The van der Waals surface area contributed by atoms with Crippen molar-refractivity contribution >= 4 is 5.91 Å². The number of nitrogens with zero attached hydrogens (tertiary/aromatic N) is 1. The lowest BCUT2D eigenvalue weighted by Gasteiger charge is -2.21. The van der Waals surface area contributed by atoms with Crippen molar-refractivity contribution in [1.29, 1.82) is 0 Å². The van der Waals surface area contributed by atoms with Crippen LogP contribution >= 0.6 is 0 Å². The highest BCUT2D eigenvalue weighted by Crippen LogP contribution is 2.00. The van der Waals surface area contributed by atoms with Gasteiger partial charge in [0.15, 0.2) is 0 Å². The SMILES string of the molecule is CN(C)C(=O)C(CCCNCCCN)NCCCN. The summed E-state index contributed by atoms with van der Waals surface area (Å²) in [6.45, 7) is 4.03. The van der Waals surface area contributed by atoms with Gasteiger partial charge in [0.25, 0.3) is 0 Å². The molecule has 0 aliphatic carbocycles. The van der Waals surface area contributed by atoms with Crippen LogP contribution in [0, 0.1) is 0 Å². The van der Waals surface area contributed by atoms with Crippen molar-refractivity contribution < 1.29 is 4.79 Å². The molecule has 1 amide bonds. The standard InChI is InChI=1S/C13H31N5O/c1-18(2)13(19)12(17-11-5-8-15)6-3-9-16-10-4-7-14/h12,16-17H,3-11,14-15H2,1-2H3. The lowest BCUT2D eigenvalue weighted by atomic mass is 10.1. The zero-order chi connectivity index (χ0) is 14.5. The number of nitrogens with two attached hydrogens (primary N) is 2. The molecule has 0 radical (unpaired) electrons. The Kier molecular flexibility index (Phi) is 11.9. The Balaban J connectivity index is 3.88. The molecule has 0 aromatic heterocycles. The van der Waals surface area contributed by atoms with Gasteiger partial charge >= 0.3 is 0 Å². The van der Waals surface area contributed by atoms with Gasteiger partial charge in [-0.25, -0.2) is 0 Å². The van der Waals surface area contributed by atoms with Gasteiger partial charge in [-0.15, -0.1) is 0 Å². The number of nitrogens with one attached hydrogen (secondary N) is 2. The Labute approximate surface area is 117 Å². The normalized spacial score (nSPS) is 12.4. The molecule has 0 fully saturated rings. The first-order valence-corrected chi connectivity index (χ1v) is 7.18. The molecule has 0 aliphatic rings. The van der Waals surface area contributed by atoms with Crippen LogP contribution in [0.15, 0.2) is 0 Å². The van der Waals surface area contributed by atoms with Gasteiger partial charge < -0.3 is 27.0 Å². The van der Waals surface area contributed by atoms with Gasteiger partial charge in [0.1, 0.15) is 0 Å². The van der Waals surface area contributed by atoms with Crippen LogP contribution in [0.3, 0.4) is 0 Å². The molecule has 0 aromatic carbocycles. The van der Waals surface area contributed by atoms with E-state index in [0.717, 1.165) is 51.9 Å². The first-order valence-electron chi connectivity index (χ1n) is 7.18. The number of carbonyl (C=O) groups excluding carboxylic acids is 1. The molecule has 0 rings (SSSR count). The molecule has 0 saturated heterocycles. The first-order chi connectivity index (χ1) is 9.13. The van der Waals surface area contributed by atoms with Crippen LogP contribution < -0.4 is 22.1 Å². The summed E-state index contributed by atoms with van der Waals surface area (Å²) in [4.78, 5) is 13.6. The smallest absolute Gasteiger partial charge is 0.239 e. The van der Waals surface area contributed by atoms with Crippen molar-refractivity contribution in [1.82, 2.24) is 15.5 Å². The van der Waals surface area contributed by atoms with E-state index in [1.165, 1.54) is 0 Å². The molecular formula is C13H31N5O. The summed E-state index contributed by atoms with van der Waals surface area (Å²) in [6.07, 6.45) is 3.71. The Morgan fingerprint density at radius 1 is 1.05 bits per heavy atom. The van der Waals surface area contributed by atoms with E-state index in [1.54, 1.807) is 19.0 Å². The number of hydrogen-bond acceptors (Lipinski definition) is 5. The minimum Gasteiger partial charge on any atom is -0.347 e. The third kappa shape index (κ3) is 9.84. The predicted molar refractivity (Wildman–Crippen MR) is 79.9 cm³/mol. The average molecular weight is 273 g/mol. The molecule has 1 atom stereocenters. The minimum absolute atomic E-state index is 0.0992. The van der Waals surface area contributed by atoms with Gasteiger partial charge in [-0.05, 0) is 58.4 Å². The quantitative estimate of drug-likeness (QED) is 0.346. The van der Waals surface area contributed by atoms with Crippen molar-refractivity contribution in [3.8, 4) is 0 Å². The van der Waals surface area contributed by atoms with Crippen LogP contribution in [0.5, 0.6) is 0 Å². The second-order valence-corrected chi connectivity index (χ2v) is 4.92. The topological polar surface area (TPSA) is 96.4 Å². The molecule has 114 valence electrons. The second kappa shape index (κ2) is 12.3. The number of amides is 1. The van der Waals surface area contributed by atoms with E-state index >= 15 is 0 Å².